The molecule has 3 aromatic rings. The summed E-state index contributed by atoms with van der Waals surface area (Å²) in [6.45, 7) is 2.39. The highest BCUT2D eigenvalue weighted by Gasteiger charge is 2.17. The summed E-state index contributed by atoms with van der Waals surface area (Å²) in [5, 5.41) is 3.05. The maximum atomic E-state index is 13.3. The molecule has 5 nitrogen and oxygen atoms in total. The summed E-state index contributed by atoms with van der Waals surface area (Å²) in [5.74, 6) is -0.370. The van der Waals surface area contributed by atoms with Crippen molar-refractivity contribution in [2.24, 2.45) is 5.73 Å². The molecule has 1 heterocycles. The minimum Gasteiger partial charge on any atom is -0.347 e. The Balaban J connectivity index is 0.00000196. The van der Waals surface area contributed by atoms with E-state index in [0.717, 1.165) is 16.6 Å². The zero-order chi connectivity index (χ0) is 18.5. The van der Waals surface area contributed by atoms with Crippen molar-refractivity contribution < 1.29 is 9.18 Å². The minimum atomic E-state index is -0.302. The normalized spacial score (nSPS) is 12.5. The number of aromatic nitrogens is 2. The summed E-state index contributed by atoms with van der Waals surface area (Å²) in [6, 6.07) is 13.7. The van der Waals surface area contributed by atoms with Crippen molar-refractivity contribution in [2.45, 2.75) is 38.4 Å². The lowest BCUT2D eigenvalue weighted by molar-refractivity contribution is -0.122. The summed E-state index contributed by atoms with van der Waals surface area (Å²) < 4.78 is 15.3. The van der Waals surface area contributed by atoms with E-state index in [2.05, 4.69) is 10.3 Å². The van der Waals surface area contributed by atoms with Crippen LogP contribution in [-0.2, 0) is 11.3 Å². The van der Waals surface area contributed by atoms with Crippen LogP contribution in [0.25, 0.3) is 11.0 Å². The van der Waals surface area contributed by atoms with Gasteiger partial charge >= 0.3 is 0 Å². The molecule has 0 aliphatic rings. The van der Waals surface area contributed by atoms with Gasteiger partial charge < -0.3 is 15.6 Å². The van der Waals surface area contributed by atoms with Crippen molar-refractivity contribution in [1.82, 2.24) is 14.9 Å². The van der Waals surface area contributed by atoms with Crippen LogP contribution in [0.5, 0.6) is 0 Å². The van der Waals surface area contributed by atoms with E-state index in [1.54, 1.807) is 18.5 Å². The Labute approximate surface area is 176 Å². The topological polar surface area (TPSA) is 72.9 Å². The predicted octanol–water partition coefficient (Wildman–Crippen LogP) is 4.00. The van der Waals surface area contributed by atoms with E-state index in [0.29, 0.717) is 19.4 Å². The molecular formula is C20H25Cl2FN4O. The van der Waals surface area contributed by atoms with Crippen LogP contribution >= 0.6 is 24.8 Å². The number of rotatable bonds is 7. The van der Waals surface area contributed by atoms with Crippen molar-refractivity contribution in [3.05, 3.63) is 66.2 Å². The molecule has 1 amide bonds. The third kappa shape index (κ3) is 6.19. The van der Waals surface area contributed by atoms with E-state index in [9.17, 15) is 9.18 Å². The van der Waals surface area contributed by atoms with Crippen molar-refractivity contribution in [2.75, 3.05) is 0 Å². The zero-order valence-corrected chi connectivity index (χ0v) is 17.2. The summed E-state index contributed by atoms with van der Waals surface area (Å²) in [6.07, 6.45) is 2.74. The molecule has 0 spiro atoms. The molecule has 0 bridgehead atoms. The highest BCUT2D eigenvalue weighted by atomic mass is 35.5. The highest BCUT2D eigenvalue weighted by molar-refractivity contribution is 5.85. The number of para-hydroxylation sites is 2. The fraction of sp³-hybridized carbons (Fsp3) is 0.300. The van der Waals surface area contributed by atoms with E-state index >= 15 is 0 Å². The maximum absolute atomic E-state index is 13.3. The number of carbonyl (C=O) groups excluding carboxylic acids is 1. The number of nitrogens with one attached hydrogen (secondary N) is 1. The first-order chi connectivity index (χ1) is 12.5. The first-order valence-corrected chi connectivity index (χ1v) is 8.73. The van der Waals surface area contributed by atoms with Crippen LogP contribution < -0.4 is 11.1 Å². The van der Waals surface area contributed by atoms with Gasteiger partial charge in [-0.05, 0) is 43.2 Å². The van der Waals surface area contributed by atoms with Gasteiger partial charge in [0.2, 0.25) is 5.91 Å². The summed E-state index contributed by atoms with van der Waals surface area (Å²) >= 11 is 0. The number of halogens is 3. The Hall–Kier alpha value is -2.15. The second-order valence-corrected chi connectivity index (χ2v) is 6.57. The number of imidazole rings is 1. The van der Waals surface area contributed by atoms with E-state index < -0.39 is 0 Å². The van der Waals surface area contributed by atoms with Gasteiger partial charge in [0.25, 0.3) is 0 Å². The van der Waals surface area contributed by atoms with Gasteiger partial charge in [0.05, 0.1) is 23.4 Å². The van der Waals surface area contributed by atoms with Gasteiger partial charge in [-0.3, -0.25) is 4.79 Å². The molecule has 2 aromatic carbocycles. The van der Waals surface area contributed by atoms with Crippen LogP contribution in [0.4, 0.5) is 4.39 Å². The molecule has 0 fully saturated rings. The van der Waals surface area contributed by atoms with Crippen LogP contribution in [0.2, 0.25) is 0 Å². The van der Waals surface area contributed by atoms with Crippen LogP contribution in [0.15, 0.2) is 54.9 Å². The van der Waals surface area contributed by atoms with Gasteiger partial charge in [0.15, 0.2) is 0 Å². The first-order valence-electron chi connectivity index (χ1n) is 8.73. The number of nitrogens with zero attached hydrogens (tertiary/aromatic N) is 2. The lowest BCUT2D eigenvalue weighted by Gasteiger charge is -2.21. The van der Waals surface area contributed by atoms with Crippen molar-refractivity contribution in [1.29, 1.82) is 0 Å². The lowest BCUT2D eigenvalue weighted by atomic mass is 10.1. The molecule has 0 radical (unpaired) electrons. The second-order valence-electron chi connectivity index (χ2n) is 6.57. The van der Waals surface area contributed by atoms with Gasteiger partial charge in [-0.25, -0.2) is 9.37 Å². The number of amides is 1. The van der Waals surface area contributed by atoms with E-state index in [1.807, 2.05) is 35.8 Å². The number of benzene rings is 2. The van der Waals surface area contributed by atoms with Crippen molar-refractivity contribution in [3.8, 4) is 0 Å². The number of carbonyl (C=O) groups is 1. The van der Waals surface area contributed by atoms with E-state index in [4.69, 9.17) is 5.73 Å². The van der Waals surface area contributed by atoms with Crippen LogP contribution in [0.1, 0.15) is 31.4 Å². The number of fused-ring (bicyclic) bond motifs is 1. The van der Waals surface area contributed by atoms with Gasteiger partial charge in [-0.1, -0.05) is 24.3 Å². The third-order valence-corrected chi connectivity index (χ3v) is 4.34. The van der Waals surface area contributed by atoms with Crippen LogP contribution in [0.3, 0.4) is 0 Å². The van der Waals surface area contributed by atoms with Crippen molar-refractivity contribution >= 4 is 41.8 Å². The zero-order valence-electron chi connectivity index (χ0n) is 15.5. The molecule has 8 heteroatoms. The fourth-order valence-electron chi connectivity index (χ4n) is 2.91. The van der Waals surface area contributed by atoms with Gasteiger partial charge in [-0.15, -0.1) is 24.8 Å². The first kappa shape index (κ1) is 23.9. The van der Waals surface area contributed by atoms with E-state index in [1.165, 1.54) is 12.1 Å². The minimum absolute atomic E-state index is 0. The number of hydrogen-bond donors (Lipinski definition) is 2. The van der Waals surface area contributed by atoms with Gasteiger partial charge in [0.1, 0.15) is 5.82 Å². The average Bonchev–Trinajstić information content (AvgIpc) is 3.03. The van der Waals surface area contributed by atoms with Gasteiger partial charge in [0, 0.05) is 19.0 Å². The summed E-state index contributed by atoms with van der Waals surface area (Å²) in [5.41, 5.74) is 8.47. The molecular weight excluding hydrogens is 402 g/mol. The van der Waals surface area contributed by atoms with E-state index in [-0.39, 0.29) is 48.6 Å². The standard InChI is InChI=1S/C20H23FN4O.2ClH/c1-14(22)6-11-20(26)24-18(15-7-9-16(21)10-8-15)12-25-13-23-17-4-2-3-5-19(17)25;;/h2-5,7-10,13-14,18H,6,11-12,22H2,1H3,(H,24,26);2*1H. The molecule has 0 saturated carbocycles. The second kappa shape index (κ2) is 11.0. The molecule has 3 N–H and O–H groups in total. The summed E-state index contributed by atoms with van der Waals surface area (Å²) in [4.78, 5) is 16.7. The Bertz CT molecular complexity index is 883. The average molecular weight is 427 g/mol. The van der Waals surface area contributed by atoms with Crippen molar-refractivity contribution in [3.63, 3.8) is 0 Å². The Kier molecular flexibility index (Phi) is 9.38. The largest absolute Gasteiger partial charge is 0.347 e. The molecule has 1 aromatic heterocycles. The maximum Gasteiger partial charge on any atom is 0.220 e. The fourth-order valence-corrected chi connectivity index (χ4v) is 2.91. The molecule has 0 aliphatic heterocycles. The molecule has 0 aliphatic carbocycles. The molecule has 0 saturated heterocycles. The molecule has 2 atom stereocenters. The Morgan fingerprint density at radius 2 is 1.86 bits per heavy atom. The number of nitrogens with two attached hydrogens (primary N) is 1. The molecule has 152 valence electrons. The smallest absolute Gasteiger partial charge is 0.220 e. The predicted molar refractivity (Wildman–Crippen MR) is 114 cm³/mol. The highest BCUT2D eigenvalue weighted by Crippen LogP contribution is 2.20. The monoisotopic (exact) mass is 426 g/mol. The third-order valence-electron chi connectivity index (χ3n) is 4.34. The number of hydrogen-bond acceptors (Lipinski definition) is 3. The Morgan fingerprint density at radius 1 is 1.18 bits per heavy atom. The van der Waals surface area contributed by atoms with Gasteiger partial charge in [-0.2, -0.15) is 0 Å². The molecule has 3 rings (SSSR count). The lowest BCUT2D eigenvalue weighted by Crippen LogP contribution is -2.32. The Morgan fingerprint density at radius 3 is 2.54 bits per heavy atom. The quantitative estimate of drug-likeness (QED) is 0.599. The molecule has 2 unspecified atom stereocenters. The SMILES string of the molecule is CC(N)CCC(=O)NC(Cn1cnc2ccccc21)c1ccc(F)cc1.Cl.Cl. The van der Waals surface area contributed by atoms with Crippen LogP contribution in [-0.4, -0.2) is 21.5 Å². The van der Waals surface area contributed by atoms with Crippen LogP contribution in [0, 0.1) is 5.82 Å². The molecule has 28 heavy (non-hydrogen) atoms. The summed E-state index contributed by atoms with van der Waals surface area (Å²) in [7, 11) is 0.